The molecule has 3 aromatic rings. The third-order valence-electron chi connectivity index (χ3n) is 6.35. The molecule has 0 saturated carbocycles. The van der Waals surface area contributed by atoms with Gasteiger partial charge in [0.05, 0.1) is 28.8 Å². The van der Waals surface area contributed by atoms with Gasteiger partial charge in [-0.15, -0.1) is 0 Å². The summed E-state index contributed by atoms with van der Waals surface area (Å²) in [5.41, 5.74) is 0.724. The second-order valence-electron chi connectivity index (χ2n) is 9.58. The lowest BCUT2D eigenvalue weighted by atomic mass is 10.0. The molecule has 2 N–H and O–H groups in total. The van der Waals surface area contributed by atoms with E-state index in [1.807, 2.05) is 32.6 Å². The number of fused-ring (bicyclic) bond motifs is 1. The van der Waals surface area contributed by atoms with Gasteiger partial charge in [0.1, 0.15) is 5.82 Å². The maximum atomic E-state index is 15.0. The first-order valence-electron chi connectivity index (χ1n) is 12.2. The lowest BCUT2D eigenvalue weighted by molar-refractivity contribution is -0.00539. The summed E-state index contributed by atoms with van der Waals surface area (Å²) in [5, 5.41) is 2.84. The Bertz CT molecular complexity index is 1400. The molecule has 36 heavy (non-hydrogen) atoms. The van der Waals surface area contributed by atoms with Crippen LogP contribution in [0.2, 0.25) is 0 Å². The van der Waals surface area contributed by atoms with Gasteiger partial charge in [0, 0.05) is 31.9 Å². The summed E-state index contributed by atoms with van der Waals surface area (Å²) >= 11 is 0. The van der Waals surface area contributed by atoms with Crippen molar-refractivity contribution in [1.82, 2.24) is 19.9 Å². The number of carbonyl (C=O) groups excluding carboxylic acids is 1. The number of hydrogen-bond donors (Lipinski definition) is 2. The molecule has 1 aliphatic rings. The summed E-state index contributed by atoms with van der Waals surface area (Å²) < 4.78 is 22.0. The van der Waals surface area contributed by atoms with E-state index in [9.17, 15) is 18.8 Å². The minimum Gasteiger partial charge on any atom is -0.372 e. The smallest absolute Gasteiger partial charge is 0.329 e. The van der Waals surface area contributed by atoms with E-state index in [2.05, 4.69) is 15.3 Å². The molecule has 9 nitrogen and oxygen atoms in total. The number of anilines is 1. The third-order valence-corrected chi connectivity index (χ3v) is 6.35. The van der Waals surface area contributed by atoms with Crippen molar-refractivity contribution in [3.05, 3.63) is 67.7 Å². The quantitative estimate of drug-likeness (QED) is 0.542. The summed E-state index contributed by atoms with van der Waals surface area (Å²) in [5.74, 6) is -0.910. The van der Waals surface area contributed by atoms with E-state index >= 15 is 0 Å². The molecule has 3 heterocycles. The molecule has 0 bridgehead atoms. The van der Waals surface area contributed by atoms with Gasteiger partial charge in [-0.2, -0.15) is 0 Å². The highest BCUT2D eigenvalue weighted by molar-refractivity contribution is 6.05. The van der Waals surface area contributed by atoms with E-state index in [1.54, 1.807) is 25.1 Å². The Hall–Kier alpha value is -3.53. The highest BCUT2D eigenvalue weighted by Gasteiger charge is 2.25. The largest absolute Gasteiger partial charge is 0.372 e. The average molecular weight is 498 g/mol. The van der Waals surface area contributed by atoms with Gasteiger partial charge in [0.25, 0.3) is 11.5 Å². The van der Waals surface area contributed by atoms with Crippen LogP contribution in [0.15, 0.2) is 33.9 Å². The Morgan fingerprint density at radius 1 is 1.22 bits per heavy atom. The summed E-state index contributed by atoms with van der Waals surface area (Å²) in [6.45, 7) is 11.1. The topological polar surface area (TPSA) is 109 Å². The number of H-pyrrole nitrogens is 1. The predicted octanol–water partition coefficient (Wildman–Crippen LogP) is 2.91. The normalized spacial score (nSPS) is 18.1. The van der Waals surface area contributed by atoms with Gasteiger partial charge in [-0.3, -0.25) is 19.1 Å². The number of pyridine rings is 1. The minimum atomic E-state index is -0.669. The number of halogens is 1. The second kappa shape index (κ2) is 10.2. The Kier molecular flexibility index (Phi) is 7.26. The summed E-state index contributed by atoms with van der Waals surface area (Å²) in [6, 6.07) is 6.47. The molecule has 0 aliphatic carbocycles. The van der Waals surface area contributed by atoms with Crippen LogP contribution >= 0.6 is 0 Å². The fourth-order valence-corrected chi connectivity index (χ4v) is 4.63. The van der Waals surface area contributed by atoms with Crippen LogP contribution in [-0.2, 0) is 17.8 Å². The van der Waals surface area contributed by atoms with Crippen LogP contribution in [0.4, 0.5) is 10.1 Å². The second-order valence-corrected chi connectivity index (χ2v) is 9.58. The predicted molar refractivity (Wildman–Crippen MR) is 136 cm³/mol. The monoisotopic (exact) mass is 497 g/mol. The molecule has 10 heteroatoms. The van der Waals surface area contributed by atoms with Crippen molar-refractivity contribution >= 4 is 22.6 Å². The number of amides is 1. The first-order valence-corrected chi connectivity index (χ1v) is 12.2. The van der Waals surface area contributed by atoms with Gasteiger partial charge >= 0.3 is 5.69 Å². The lowest BCUT2D eigenvalue weighted by Crippen LogP contribution is -2.45. The maximum absolute atomic E-state index is 15.0. The van der Waals surface area contributed by atoms with Crippen LogP contribution in [-0.4, -0.2) is 45.7 Å². The summed E-state index contributed by atoms with van der Waals surface area (Å²) in [6.07, 6.45) is 0.00974. The van der Waals surface area contributed by atoms with E-state index in [0.29, 0.717) is 30.0 Å². The number of hydrogen-bond acceptors (Lipinski definition) is 6. The number of ether oxygens (including phenoxy) is 1. The molecule has 1 amide bonds. The van der Waals surface area contributed by atoms with Gasteiger partial charge in [-0.1, -0.05) is 19.9 Å². The van der Waals surface area contributed by atoms with Crippen molar-refractivity contribution in [3.63, 3.8) is 0 Å². The van der Waals surface area contributed by atoms with E-state index in [-0.39, 0.29) is 53.6 Å². The van der Waals surface area contributed by atoms with E-state index in [4.69, 9.17) is 4.74 Å². The Morgan fingerprint density at radius 3 is 2.53 bits per heavy atom. The van der Waals surface area contributed by atoms with Crippen molar-refractivity contribution in [2.45, 2.75) is 65.8 Å². The molecule has 2 atom stereocenters. The third kappa shape index (κ3) is 5.04. The van der Waals surface area contributed by atoms with Crippen molar-refractivity contribution in [2.24, 2.45) is 0 Å². The lowest BCUT2D eigenvalue weighted by Gasteiger charge is -2.37. The highest BCUT2D eigenvalue weighted by atomic mass is 19.1. The van der Waals surface area contributed by atoms with E-state index in [1.165, 1.54) is 10.6 Å². The average Bonchev–Trinajstić information content (AvgIpc) is 2.81. The van der Waals surface area contributed by atoms with Gasteiger partial charge < -0.3 is 15.0 Å². The molecular formula is C26H32FN5O4. The number of aromatic nitrogens is 3. The molecule has 2 aromatic heterocycles. The van der Waals surface area contributed by atoms with E-state index < -0.39 is 17.2 Å². The number of nitrogens with one attached hydrogen (secondary N) is 2. The van der Waals surface area contributed by atoms with Crippen LogP contribution in [0, 0.1) is 5.82 Å². The Morgan fingerprint density at radius 2 is 1.92 bits per heavy atom. The van der Waals surface area contributed by atoms with Gasteiger partial charge in [0.2, 0.25) is 0 Å². The number of carbonyl (C=O) groups is 1. The van der Waals surface area contributed by atoms with Crippen molar-refractivity contribution in [1.29, 1.82) is 0 Å². The number of aryl methyl sites for hydroxylation is 1. The van der Waals surface area contributed by atoms with Crippen molar-refractivity contribution < 1.29 is 13.9 Å². The van der Waals surface area contributed by atoms with Gasteiger partial charge in [-0.05, 0) is 50.5 Å². The van der Waals surface area contributed by atoms with Crippen LogP contribution in [0.3, 0.4) is 0 Å². The number of benzene rings is 1. The molecule has 2 unspecified atom stereocenters. The number of rotatable bonds is 6. The maximum Gasteiger partial charge on any atom is 0.329 e. The SMILES string of the molecule is CCn1c(=O)[nH]c(=O)c2c(C(=O)NCc3ccc(N4CC(C)OC(C)C4)c(F)c3)cc(C(C)C)nc21. The zero-order chi connectivity index (χ0) is 26.1. The first kappa shape index (κ1) is 25.6. The Balaban J connectivity index is 1.61. The van der Waals surface area contributed by atoms with Gasteiger partial charge in [0.15, 0.2) is 5.65 Å². The zero-order valence-corrected chi connectivity index (χ0v) is 21.2. The molecule has 0 spiro atoms. The Labute approximate surface area is 208 Å². The molecule has 0 radical (unpaired) electrons. The fraction of sp³-hybridized carbons (Fsp3) is 0.462. The summed E-state index contributed by atoms with van der Waals surface area (Å²) in [7, 11) is 0. The molecular weight excluding hydrogens is 465 g/mol. The standard InChI is InChI=1S/C26H32FN5O4/c1-6-32-23-22(25(34)30-26(32)35)18(10-20(29-23)14(2)3)24(33)28-11-17-7-8-21(19(27)9-17)31-12-15(4)36-16(5)13-31/h7-10,14-16H,6,11-13H2,1-5H3,(H,28,33)(H,30,34,35). The molecule has 1 aliphatic heterocycles. The number of nitrogens with zero attached hydrogens (tertiary/aromatic N) is 3. The molecule has 192 valence electrons. The molecule has 4 rings (SSSR count). The minimum absolute atomic E-state index is 0.00487. The van der Waals surface area contributed by atoms with Gasteiger partial charge in [-0.25, -0.2) is 14.2 Å². The van der Waals surface area contributed by atoms with Crippen LogP contribution in [0.5, 0.6) is 0 Å². The van der Waals surface area contributed by atoms with Crippen LogP contribution in [0.25, 0.3) is 11.0 Å². The number of morpholine rings is 1. The van der Waals surface area contributed by atoms with Crippen molar-refractivity contribution in [3.8, 4) is 0 Å². The van der Waals surface area contributed by atoms with Crippen molar-refractivity contribution in [2.75, 3.05) is 18.0 Å². The molecule has 1 saturated heterocycles. The van der Waals surface area contributed by atoms with Crippen LogP contribution in [0.1, 0.15) is 62.2 Å². The zero-order valence-electron chi connectivity index (χ0n) is 21.2. The number of aromatic amines is 1. The highest BCUT2D eigenvalue weighted by Crippen LogP contribution is 2.25. The molecule has 1 fully saturated rings. The fourth-order valence-electron chi connectivity index (χ4n) is 4.63. The summed E-state index contributed by atoms with van der Waals surface area (Å²) in [4.78, 5) is 46.9. The first-order chi connectivity index (χ1) is 17.1. The van der Waals surface area contributed by atoms with E-state index in [0.717, 1.165) is 0 Å². The van der Waals surface area contributed by atoms with Crippen LogP contribution < -0.4 is 21.5 Å². The molecule has 1 aromatic carbocycles.